The number of hydrogen-bond acceptors (Lipinski definition) is 9. The van der Waals surface area contributed by atoms with Crippen molar-refractivity contribution >= 4 is 51.2 Å². The summed E-state index contributed by atoms with van der Waals surface area (Å²) in [6, 6.07) is 7.24. The Labute approximate surface area is 291 Å². The first-order valence-corrected chi connectivity index (χ1v) is 19.0. The van der Waals surface area contributed by atoms with Gasteiger partial charge in [-0.3, -0.25) is 14.5 Å². The van der Waals surface area contributed by atoms with Crippen molar-refractivity contribution in [2.24, 2.45) is 22.7 Å². The Bertz CT molecular complexity index is 1760. The third-order valence-corrected chi connectivity index (χ3v) is 13.1. The Morgan fingerprint density at radius 1 is 1.08 bits per heavy atom. The van der Waals surface area contributed by atoms with Crippen LogP contribution in [-0.2, 0) is 19.6 Å². The summed E-state index contributed by atoms with van der Waals surface area (Å²) in [6.07, 6.45) is 7.80. The predicted molar refractivity (Wildman–Crippen MR) is 181 cm³/mol. The summed E-state index contributed by atoms with van der Waals surface area (Å²) >= 11 is 6.34. The molecule has 2 saturated heterocycles. The summed E-state index contributed by atoms with van der Waals surface area (Å²) in [7, 11) is -4.36. The Kier molecular flexibility index (Phi) is 8.58. The Hall–Kier alpha value is -3.49. The van der Waals surface area contributed by atoms with Crippen molar-refractivity contribution in [3.63, 3.8) is 0 Å². The molecule has 2 spiro atoms. The van der Waals surface area contributed by atoms with E-state index in [1.165, 1.54) is 59.7 Å². The van der Waals surface area contributed by atoms with E-state index in [0.717, 1.165) is 31.6 Å². The van der Waals surface area contributed by atoms with Crippen molar-refractivity contribution in [2.75, 3.05) is 36.5 Å². The number of likely N-dealkylation sites (tertiary alicyclic amines) is 1. The van der Waals surface area contributed by atoms with Crippen molar-refractivity contribution in [3.05, 3.63) is 41.0 Å². The van der Waals surface area contributed by atoms with Crippen molar-refractivity contribution < 1.29 is 32.6 Å². The molecule has 5 fully saturated rings. The SMILES string of the molecule is CC1(C)C[C@H](CCCNc2cccc(S(=O)(=O)NC(=O)c3ccc(N4CC[C@@H](OCCC5C6(CC6)C56CC6)C4=O)nc3Cl)n2)CN1C(=O)O. The van der Waals surface area contributed by atoms with Crippen LogP contribution < -0.4 is 14.9 Å². The molecule has 2 atom stereocenters. The van der Waals surface area contributed by atoms with Gasteiger partial charge in [-0.1, -0.05) is 17.7 Å². The molecule has 15 heteroatoms. The lowest BCUT2D eigenvalue weighted by molar-refractivity contribution is -0.127. The highest BCUT2D eigenvalue weighted by molar-refractivity contribution is 7.90. The van der Waals surface area contributed by atoms with Crippen LogP contribution in [0.2, 0.25) is 5.15 Å². The number of carbonyl (C=O) groups excluding carboxylic acids is 2. The van der Waals surface area contributed by atoms with E-state index in [9.17, 15) is 27.9 Å². The van der Waals surface area contributed by atoms with Gasteiger partial charge in [0.2, 0.25) is 0 Å². The number of fused-ring (bicyclic) bond motifs is 1. The number of nitrogens with one attached hydrogen (secondary N) is 2. The largest absolute Gasteiger partial charge is 0.465 e. The van der Waals surface area contributed by atoms with Gasteiger partial charge in [-0.05, 0) is 112 Å². The second-order valence-electron chi connectivity index (χ2n) is 14.9. The number of ether oxygens (including phenoxy) is 1. The lowest BCUT2D eigenvalue weighted by atomic mass is 9.93. The fourth-order valence-electron chi connectivity index (χ4n) is 8.88. The van der Waals surface area contributed by atoms with Crippen LogP contribution in [0.15, 0.2) is 35.4 Å². The molecule has 0 aromatic carbocycles. The minimum atomic E-state index is -4.36. The lowest BCUT2D eigenvalue weighted by Gasteiger charge is -2.28. The molecule has 3 N–H and O–H groups in total. The molecular formula is C34H43ClN6O7S. The fourth-order valence-corrected chi connectivity index (χ4v) is 10.1. The van der Waals surface area contributed by atoms with Gasteiger partial charge in [0.25, 0.3) is 21.8 Å². The molecule has 0 radical (unpaired) electrons. The average molecular weight is 715 g/mol. The number of halogens is 1. The average Bonchev–Trinajstić information content (AvgIpc) is 4.00. The zero-order valence-corrected chi connectivity index (χ0v) is 29.4. The molecule has 13 nitrogen and oxygen atoms in total. The molecule has 4 heterocycles. The first-order valence-electron chi connectivity index (χ1n) is 17.1. The summed E-state index contributed by atoms with van der Waals surface area (Å²) in [5.41, 5.74) is 0.655. The number of amides is 3. The van der Waals surface area contributed by atoms with E-state index in [1.54, 1.807) is 6.07 Å². The molecule has 264 valence electrons. The van der Waals surface area contributed by atoms with Gasteiger partial charge in [-0.15, -0.1) is 0 Å². The zero-order valence-electron chi connectivity index (χ0n) is 27.8. The van der Waals surface area contributed by atoms with Gasteiger partial charge in [0.1, 0.15) is 22.9 Å². The minimum Gasteiger partial charge on any atom is -0.465 e. The maximum absolute atomic E-state index is 13.1. The highest BCUT2D eigenvalue weighted by Crippen LogP contribution is 2.93. The summed E-state index contributed by atoms with van der Waals surface area (Å²) in [5.74, 6) is 0.414. The number of aromatic nitrogens is 2. The van der Waals surface area contributed by atoms with E-state index < -0.39 is 33.7 Å². The van der Waals surface area contributed by atoms with Gasteiger partial charge in [0.05, 0.1) is 5.56 Å². The first kappa shape index (κ1) is 34.0. The first-order chi connectivity index (χ1) is 23.3. The number of sulfonamides is 1. The van der Waals surface area contributed by atoms with E-state index in [1.807, 2.05) is 18.6 Å². The standard InChI is InChI=1S/C34H43ClN6O7S/c1-32(2)19-21(20-41(32)31(44)45)5-4-16-36-25-6-3-7-27(37-25)49(46,47)39-29(42)22-8-9-26(38-28(22)35)40-17-10-23(30(40)43)48-18-11-24-33(12-13-33)34(24)14-15-34/h3,6-9,21,23-24H,4-5,10-20H2,1-2H3,(H,36,37)(H,39,42)(H,44,45)/t21-,23+/m0/s1. The quantitative estimate of drug-likeness (QED) is 0.191. The third kappa shape index (κ3) is 6.35. The van der Waals surface area contributed by atoms with Crippen molar-refractivity contribution in [2.45, 2.75) is 88.3 Å². The summed E-state index contributed by atoms with van der Waals surface area (Å²) in [5, 5.41) is 12.0. The second kappa shape index (κ2) is 12.4. The zero-order chi connectivity index (χ0) is 34.8. The molecule has 5 aliphatic rings. The maximum atomic E-state index is 13.1. The van der Waals surface area contributed by atoms with E-state index in [-0.39, 0.29) is 33.4 Å². The molecule has 3 amide bonds. The van der Waals surface area contributed by atoms with Crippen molar-refractivity contribution in [1.29, 1.82) is 0 Å². The summed E-state index contributed by atoms with van der Waals surface area (Å²) in [6.45, 7) is 5.83. The van der Waals surface area contributed by atoms with E-state index in [2.05, 4.69) is 15.3 Å². The van der Waals surface area contributed by atoms with Gasteiger partial charge in [0.15, 0.2) is 5.03 Å². The minimum absolute atomic E-state index is 0.160. The summed E-state index contributed by atoms with van der Waals surface area (Å²) < 4.78 is 34.2. The number of rotatable bonds is 13. The molecule has 2 aliphatic heterocycles. The monoisotopic (exact) mass is 714 g/mol. The van der Waals surface area contributed by atoms with Crippen LogP contribution in [0.4, 0.5) is 16.4 Å². The molecule has 3 saturated carbocycles. The van der Waals surface area contributed by atoms with Gasteiger partial charge in [-0.25, -0.2) is 19.5 Å². The maximum Gasteiger partial charge on any atom is 0.407 e. The van der Waals surface area contributed by atoms with Crippen LogP contribution in [0.5, 0.6) is 0 Å². The van der Waals surface area contributed by atoms with Crippen molar-refractivity contribution in [3.8, 4) is 0 Å². The van der Waals surface area contributed by atoms with E-state index in [0.29, 0.717) is 49.3 Å². The van der Waals surface area contributed by atoms with Gasteiger partial charge in [-0.2, -0.15) is 8.42 Å². The molecule has 7 rings (SSSR count). The number of carboxylic acid groups (broad SMARTS) is 1. The van der Waals surface area contributed by atoms with E-state index >= 15 is 0 Å². The smallest absolute Gasteiger partial charge is 0.407 e. The lowest BCUT2D eigenvalue weighted by Crippen LogP contribution is -2.41. The Balaban J connectivity index is 0.891. The number of anilines is 2. The van der Waals surface area contributed by atoms with Gasteiger partial charge >= 0.3 is 6.09 Å². The predicted octanol–water partition coefficient (Wildman–Crippen LogP) is 4.92. The van der Waals surface area contributed by atoms with Gasteiger partial charge in [0, 0.05) is 38.2 Å². The van der Waals surface area contributed by atoms with Crippen LogP contribution >= 0.6 is 11.6 Å². The molecule has 0 bridgehead atoms. The molecule has 0 unspecified atom stereocenters. The second-order valence-corrected chi connectivity index (χ2v) is 16.9. The number of nitrogens with zero attached hydrogens (tertiary/aromatic N) is 4. The normalized spacial score (nSPS) is 24.4. The number of carbonyl (C=O) groups is 3. The third-order valence-electron chi connectivity index (χ3n) is 11.6. The van der Waals surface area contributed by atoms with Crippen LogP contribution in [0.3, 0.4) is 0 Å². The van der Waals surface area contributed by atoms with Crippen LogP contribution in [0.25, 0.3) is 0 Å². The highest BCUT2D eigenvalue weighted by Gasteiger charge is 2.85. The van der Waals surface area contributed by atoms with Gasteiger partial charge < -0.3 is 20.1 Å². The molecule has 3 aliphatic carbocycles. The highest BCUT2D eigenvalue weighted by atomic mass is 35.5. The molecule has 2 aromatic rings. The Morgan fingerprint density at radius 3 is 2.47 bits per heavy atom. The van der Waals surface area contributed by atoms with E-state index in [4.69, 9.17) is 16.3 Å². The fraction of sp³-hybridized carbons (Fsp3) is 0.618. The Morgan fingerprint density at radius 2 is 1.82 bits per heavy atom. The van der Waals surface area contributed by atoms with Crippen molar-refractivity contribution in [1.82, 2.24) is 19.6 Å². The number of pyridine rings is 2. The molecular weight excluding hydrogens is 672 g/mol. The van der Waals surface area contributed by atoms with Crippen LogP contribution in [-0.4, -0.2) is 84.2 Å². The molecule has 2 aromatic heterocycles. The number of hydrogen-bond donors (Lipinski definition) is 3. The topological polar surface area (TPSA) is 171 Å². The molecule has 49 heavy (non-hydrogen) atoms. The van der Waals surface area contributed by atoms with Crippen LogP contribution in [0.1, 0.15) is 82.0 Å². The summed E-state index contributed by atoms with van der Waals surface area (Å²) in [4.78, 5) is 49.0. The van der Waals surface area contributed by atoms with Crippen LogP contribution in [0, 0.1) is 22.7 Å².